The Balaban J connectivity index is 1.38. The zero-order valence-electron chi connectivity index (χ0n) is 23.8. The molecule has 0 saturated heterocycles. The average Bonchev–Trinajstić information content (AvgIpc) is 3.08. The maximum absolute atomic E-state index is 14.8. The van der Waals surface area contributed by atoms with E-state index in [4.69, 9.17) is 0 Å². The molecule has 226 valence electrons. The predicted octanol–water partition coefficient (Wildman–Crippen LogP) is 6.62. The van der Waals surface area contributed by atoms with Crippen LogP contribution in [0.25, 0.3) is 21.8 Å². The first-order valence-corrected chi connectivity index (χ1v) is 17.5. The number of aromatic nitrogens is 2. The number of fused-ring (bicyclic) bond motifs is 3. The molecule has 0 aliphatic rings. The second-order valence-electron chi connectivity index (χ2n) is 10.7. The van der Waals surface area contributed by atoms with E-state index in [9.17, 15) is 26.7 Å². The first-order valence-electron chi connectivity index (χ1n) is 14.1. The van der Waals surface area contributed by atoms with E-state index in [1.165, 1.54) is 109 Å². The van der Waals surface area contributed by atoms with Gasteiger partial charge in [-0.2, -0.15) is 0 Å². The quantitative estimate of drug-likeness (QED) is 0.115. The number of hydrogen-bond acceptors (Lipinski definition) is 4. The monoisotopic (exact) mass is 652 g/mol. The zero-order chi connectivity index (χ0) is 32.1. The normalized spacial score (nSPS) is 12.1. The third-order valence-corrected chi connectivity index (χ3v) is 14.0. The van der Waals surface area contributed by atoms with Crippen LogP contribution in [0.1, 0.15) is 0 Å². The highest BCUT2D eigenvalue weighted by Gasteiger charge is 2.32. The van der Waals surface area contributed by atoms with E-state index in [0.29, 0.717) is 53.6 Å². The Hall–Kier alpha value is -4.90. The minimum atomic E-state index is -3.59. The topological polar surface area (TPSA) is 59.9 Å². The second-order valence-corrected chi connectivity index (χ2v) is 16.3. The molecule has 10 heteroatoms. The molecule has 0 spiro atoms. The highest BCUT2D eigenvalue weighted by Crippen LogP contribution is 2.44. The summed E-state index contributed by atoms with van der Waals surface area (Å²) in [5.41, 5.74) is 0.993. The highest BCUT2D eigenvalue weighted by atomic mass is 31.2. The van der Waals surface area contributed by atoms with Crippen molar-refractivity contribution in [2.45, 2.75) is 0 Å². The molecule has 0 bridgehead atoms. The number of halogens is 4. The fourth-order valence-corrected chi connectivity index (χ4v) is 10.8. The molecule has 0 saturated carbocycles. The minimum absolute atomic E-state index is 0.363. The van der Waals surface area contributed by atoms with Crippen molar-refractivity contribution in [3.63, 3.8) is 0 Å². The zero-order valence-corrected chi connectivity index (χ0v) is 25.6. The number of nitrogens with zero attached hydrogens (tertiary/aromatic N) is 2. The minimum Gasteiger partial charge on any atom is -0.309 e. The third-order valence-electron chi connectivity index (χ3n) is 7.96. The molecule has 7 aromatic rings. The van der Waals surface area contributed by atoms with E-state index in [-0.39, 0.29) is 0 Å². The summed E-state index contributed by atoms with van der Waals surface area (Å²) in [6.07, 6.45) is 2.96. The Morgan fingerprint density at radius 2 is 0.630 bits per heavy atom. The third kappa shape index (κ3) is 5.04. The van der Waals surface area contributed by atoms with Gasteiger partial charge in [-0.3, -0.25) is 9.97 Å². The standard InChI is InChI=1S/C36H22F4N2O2P2/c37-25-3-11-29(12-4-25)45(43,30-13-5-26(38)6-14-30)33-19-23-1-2-24-20-34(22-42-36(24)35(23)41-21-33)46(44,31-15-7-27(39)8-16-31)32-17-9-28(40)10-18-32/h1-22H. The molecule has 0 N–H and O–H groups in total. The van der Waals surface area contributed by atoms with Crippen LogP contribution in [0.4, 0.5) is 17.6 Å². The summed E-state index contributed by atoms with van der Waals surface area (Å²) >= 11 is 0. The molecular formula is C36H22F4N2O2P2. The Kier molecular flexibility index (Phi) is 7.43. The second kappa shape index (κ2) is 11.5. The number of rotatable bonds is 6. The van der Waals surface area contributed by atoms with Gasteiger partial charge in [0.1, 0.15) is 23.3 Å². The lowest BCUT2D eigenvalue weighted by molar-refractivity contribution is 0.591. The van der Waals surface area contributed by atoms with Gasteiger partial charge in [-0.05, 0) is 109 Å². The molecule has 46 heavy (non-hydrogen) atoms. The van der Waals surface area contributed by atoms with Crippen LogP contribution in [0.5, 0.6) is 0 Å². The summed E-state index contributed by atoms with van der Waals surface area (Å²) in [7, 11) is -7.19. The Labute approximate surface area is 261 Å². The van der Waals surface area contributed by atoms with Crippen LogP contribution < -0.4 is 31.8 Å². The fourth-order valence-electron chi connectivity index (χ4n) is 5.61. The molecule has 0 fully saturated rings. The van der Waals surface area contributed by atoms with E-state index < -0.39 is 37.6 Å². The van der Waals surface area contributed by atoms with Crippen LogP contribution in [0.3, 0.4) is 0 Å². The average molecular weight is 653 g/mol. The van der Waals surface area contributed by atoms with Gasteiger partial charge in [0.25, 0.3) is 0 Å². The van der Waals surface area contributed by atoms with Gasteiger partial charge in [-0.15, -0.1) is 0 Å². The largest absolute Gasteiger partial charge is 0.309 e. The van der Waals surface area contributed by atoms with E-state index in [0.717, 1.165) is 0 Å². The Bertz CT molecular complexity index is 2080. The van der Waals surface area contributed by atoms with E-state index in [2.05, 4.69) is 9.97 Å². The maximum atomic E-state index is 14.8. The van der Waals surface area contributed by atoms with Crippen molar-refractivity contribution < 1.29 is 26.7 Å². The van der Waals surface area contributed by atoms with Crippen molar-refractivity contribution in [2.24, 2.45) is 0 Å². The highest BCUT2D eigenvalue weighted by molar-refractivity contribution is 7.85. The van der Waals surface area contributed by atoms with Crippen molar-refractivity contribution in [3.05, 3.63) is 157 Å². The molecule has 0 radical (unpaired) electrons. The number of pyridine rings is 2. The van der Waals surface area contributed by atoms with Gasteiger partial charge in [0.15, 0.2) is 14.3 Å². The smallest absolute Gasteiger partial charge is 0.172 e. The van der Waals surface area contributed by atoms with Gasteiger partial charge < -0.3 is 9.13 Å². The van der Waals surface area contributed by atoms with Crippen LogP contribution in [-0.4, -0.2) is 9.97 Å². The first kappa shape index (κ1) is 29.8. The van der Waals surface area contributed by atoms with Crippen LogP contribution in [0, 0.1) is 23.3 Å². The van der Waals surface area contributed by atoms with Crippen molar-refractivity contribution in [1.29, 1.82) is 0 Å². The Morgan fingerprint density at radius 1 is 0.370 bits per heavy atom. The number of benzene rings is 5. The fraction of sp³-hybridized carbons (Fsp3) is 0. The van der Waals surface area contributed by atoms with Crippen LogP contribution >= 0.6 is 14.3 Å². The molecule has 0 unspecified atom stereocenters. The van der Waals surface area contributed by atoms with Gasteiger partial charge in [-0.25, -0.2) is 17.6 Å². The lowest BCUT2D eigenvalue weighted by Gasteiger charge is -2.21. The molecule has 0 amide bonds. The molecule has 2 heterocycles. The van der Waals surface area contributed by atoms with Gasteiger partial charge in [-0.1, -0.05) is 12.1 Å². The van der Waals surface area contributed by atoms with Gasteiger partial charge in [0.05, 0.1) is 11.0 Å². The summed E-state index contributed by atoms with van der Waals surface area (Å²) in [5.74, 6) is -1.92. The number of hydrogen-bond donors (Lipinski definition) is 0. The molecule has 5 aromatic carbocycles. The van der Waals surface area contributed by atoms with E-state index >= 15 is 0 Å². The van der Waals surface area contributed by atoms with Gasteiger partial charge in [0, 0.05) is 55.0 Å². The summed E-state index contributed by atoms with van der Waals surface area (Å²) in [5, 5.41) is 3.43. The van der Waals surface area contributed by atoms with Crippen LogP contribution in [0.2, 0.25) is 0 Å². The van der Waals surface area contributed by atoms with Crippen molar-refractivity contribution in [2.75, 3.05) is 0 Å². The molecule has 0 aliphatic carbocycles. The SMILES string of the molecule is O=P(c1ccc(F)cc1)(c1ccc(F)cc1)c1cnc2c(ccc3cc(P(=O)(c4ccc(F)cc4)c4ccc(F)cc4)cnc32)c1. The first-order chi connectivity index (χ1) is 22.2. The molecule has 7 rings (SSSR count). The summed E-state index contributed by atoms with van der Waals surface area (Å²) in [6, 6.07) is 28.5. The maximum Gasteiger partial charge on any atom is 0.172 e. The summed E-state index contributed by atoms with van der Waals surface area (Å²) in [4.78, 5) is 9.31. The molecule has 2 aromatic heterocycles. The lowest BCUT2D eigenvalue weighted by atomic mass is 10.1. The van der Waals surface area contributed by atoms with Gasteiger partial charge in [0.2, 0.25) is 0 Å². The molecular weight excluding hydrogens is 630 g/mol. The summed E-state index contributed by atoms with van der Waals surface area (Å²) < 4.78 is 84.9. The van der Waals surface area contributed by atoms with Crippen molar-refractivity contribution in [3.8, 4) is 0 Å². The Morgan fingerprint density at radius 3 is 0.891 bits per heavy atom. The summed E-state index contributed by atoms with van der Waals surface area (Å²) in [6.45, 7) is 0. The molecule has 0 aliphatic heterocycles. The van der Waals surface area contributed by atoms with Gasteiger partial charge >= 0.3 is 0 Å². The molecule has 4 nitrogen and oxygen atoms in total. The van der Waals surface area contributed by atoms with E-state index in [1.54, 1.807) is 24.3 Å². The van der Waals surface area contributed by atoms with Crippen molar-refractivity contribution in [1.82, 2.24) is 9.97 Å². The molecule has 0 atom stereocenters. The van der Waals surface area contributed by atoms with E-state index in [1.807, 2.05) is 0 Å². The lowest BCUT2D eigenvalue weighted by Crippen LogP contribution is -2.26. The van der Waals surface area contributed by atoms with Crippen LogP contribution in [-0.2, 0) is 9.13 Å². The van der Waals surface area contributed by atoms with Crippen molar-refractivity contribution >= 4 is 67.9 Å². The predicted molar refractivity (Wildman–Crippen MR) is 176 cm³/mol. The van der Waals surface area contributed by atoms with Crippen LogP contribution in [0.15, 0.2) is 134 Å².